The summed E-state index contributed by atoms with van der Waals surface area (Å²) in [5.41, 5.74) is 2.49. The fourth-order valence-electron chi connectivity index (χ4n) is 1.82. The van der Waals surface area contributed by atoms with E-state index < -0.39 is 9.84 Å². The van der Waals surface area contributed by atoms with Crippen LogP contribution in [0.25, 0.3) is 0 Å². The molecule has 2 aromatic rings. The van der Waals surface area contributed by atoms with Gasteiger partial charge in [-0.2, -0.15) is 0 Å². The highest BCUT2D eigenvalue weighted by Gasteiger charge is 2.13. The standard InChI is InChI=1S/C16H18O2S2/c1-13-8-9-15(12-14(13)2)19-10-11-20(17,18)16-6-4-3-5-7-16/h3-9,12H,10-11H2,1-2H3. The minimum Gasteiger partial charge on any atom is -0.224 e. The second-order valence-electron chi connectivity index (χ2n) is 4.73. The van der Waals surface area contributed by atoms with Gasteiger partial charge in [0.2, 0.25) is 0 Å². The Morgan fingerprint density at radius 1 is 0.950 bits per heavy atom. The summed E-state index contributed by atoms with van der Waals surface area (Å²) in [7, 11) is -3.17. The van der Waals surface area contributed by atoms with Crippen LogP contribution < -0.4 is 0 Å². The topological polar surface area (TPSA) is 34.1 Å². The number of hydrogen-bond donors (Lipinski definition) is 0. The first-order valence-corrected chi connectivity index (χ1v) is 9.11. The lowest BCUT2D eigenvalue weighted by atomic mass is 10.1. The van der Waals surface area contributed by atoms with Crippen LogP contribution in [0, 0.1) is 13.8 Å². The van der Waals surface area contributed by atoms with Crippen molar-refractivity contribution in [2.75, 3.05) is 11.5 Å². The van der Waals surface area contributed by atoms with Crippen molar-refractivity contribution in [1.82, 2.24) is 0 Å². The van der Waals surface area contributed by atoms with Crippen molar-refractivity contribution in [3.05, 3.63) is 59.7 Å². The fraction of sp³-hybridized carbons (Fsp3) is 0.250. The lowest BCUT2D eigenvalue weighted by molar-refractivity contribution is 0.597. The van der Waals surface area contributed by atoms with Crippen molar-refractivity contribution in [3.8, 4) is 0 Å². The van der Waals surface area contributed by atoms with Crippen molar-refractivity contribution in [1.29, 1.82) is 0 Å². The van der Waals surface area contributed by atoms with Gasteiger partial charge in [0.15, 0.2) is 9.84 Å². The maximum Gasteiger partial charge on any atom is 0.179 e. The van der Waals surface area contributed by atoms with Gasteiger partial charge in [0.05, 0.1) is 10.6 Å². The van der Waals surface area contributed by atoms with E-state index in [0.29, 0.717) is 10.6 Å². The van der Waals surface area contributed by atoms with Crippen molar-refractivity contribution in [3.63, 3.8) is 0 Å². The molecule has 0 saturated heterocycles. The Kier molecular flexibility index (Phi) is 4.89. The average Bonchev–Trinajstić information content (AvgIpc) is 2.44. The molecule has 0 unspecified atom stereocenters. The number of thioether (sulfide) groups is 1. The molecule has 106 valence electrons. The van der Waals surface area contributed by atoms with Gasteiger partial charge in [0.1, 0.15) is 0 Å². The minimum absolute atomic E-state index is 0.161. The van der Waals surface area contributed by atoms with Crippen LogP contribution in [0.1, 0.15) is 11.1 Å². The van der Waals surface area contributed by atoms with E-state index >= 15 is 0 Å². The van der Waals surface area contributed by atoms with Crippen molar-refractivity contribution < 1.29 is 8.42 Å². The zero-order chi connectivity index (χ0) is 14.6. The van der Waals surface area contributed by atoms with Crippen molar-refractivity contribution in [2.24, 2.45) is 0 Å². The quantitative estimate of drug-likeness (QED) is 0.786. The third kappa shape index (κ3) is 3.87. The van der Waals surface area contributed by atoms with E-state index in [4.69, 9.17) is 0 Å². The highest BCUT2D eigenvalue weighted by molar-refractivity contribution is 8.00. The van der Waals surface area contributed by atoms with Gasteiger partial charge in [-0.15, -0.1) is 11.8 Å². The molecule has 2 aromatic carbocycles. The normalized spacial score (nSPS) is 11.5. The highest BCUT2D eigenvalue weighted by Crippen LogP contribution is 2.22. The van der Waals surface area contributed by atoms with Crippen LogP contribution in [0.2, 0.25) is 0 Å². The predicted molar refractivity (Wildman–Crippen MR) is 85.1 cm³/mol. The zero-order valence-corrected chi connectivity index (χ0v) is 13.3. The van der Waals surface area contributed by atoms with Gasteiger partial charge in [-0.25, -0.2) is 8.42 Å². The summed E-state index contributed by atoms with van der Waals surface area (Å²) >= 11 is 1.59. The van der Waals surface area contributed by atoms with E-state index in [1.807, 2.05) is 12.1 Å². The van der Waals surface area contributed by atoms with E-state index in [2.05, 4.69) is 26.0 Å². The molecule has 0 aliphatic heterocycles. The summed E-state index contributed by atoms with van der Waals surface area (Å²) in [5.74, 6) is 0.730. The molecule has 20 heavy (non-hydrogen) atoms. The second kappa shape index (κ2) is 6.46. The molecule has 0 N–H and O–H groups in total. The SMILES string of the molecule is Cc1ccc(SCCS(=O)(=O)c2ccccc2)cc1C. The summed E-state index contributed by atoms with van der Waals surface area (Å²) in [6, 6.07) is 14.8. The summed E-state index contributed by atoms with van der Waals surface area (Å²) in [4.78, 5) is 1.53. The Balaban J connectivity index is 1.97. The lowest BCUT2D eigenvalue weighted by Crippen LogP contribution is -2.08. The van der Waals surface area contributed by atoms with E-state index in [1.165, 1.54) is 11.1 Å². The summed E-state index contributed by atoms with van der Waals surface area (Å²) in [6.45, 7) is 4.14. The van der Waals surface area contributed by atoms with Gasteiger partial charge in [0.25, 0.3) is 0 Å². The van der Waals surface area contributed by atoms with Crippen LogP contribution in [0.3, 0.4) is 0 Å². The minimum atomic E-state index is -3.17. The monoisotopic (exact) mass is 306 g/mol. The molecule has 0 aliphatic rings. The smallest absolute Gasteiger partial charge is 0.179 e. The van der Waals surface area contributed by atoms with Crippen LogP contribution in [0.15, 0.2) is 58.3 Å². The van der Waals surface area contributed by atoms with Crippen LogP contribution in [0.4, 0.5) is 0 Å². The largest absolute Gasteiger partial charge is 0.224 e. The van der Waals surface area contributed by atoms with Gasteiger partial charge < -0.3 is 0 Å². The summed E-state index contributed by atoms with van der Waals surface area (Å²) in [5, 5.41) is 0. The summed E-state index contributed by atoms with van der Waals surface area (Å²) in [6.07, 6.45) is 0. The van der Waals surface area contributed by atoms with Gasteiger partial charge in [-0.1, -0.05) is 24.3 Å². The zero-order valence-electron chi connectivity index (χ0n) is 11.7. The van der Waals surface area contributed by atoms with Crippen LogP contribution in [-0.4, -0.2) is 19.9 Å². The van der Waals surface area contributed by atoms with E-state index in [-0.39, 0.29) is 5.75 Å². The highest BCUT2D eigenvalue weighted by atomic mass is 32.2. The molecule has 0 aromatic heterocycles. The molecule has 0 aliphatic carbocycles. The molecule has 2 rings (SSSR count). The van der Waals surface area contributed by atoms with E-state index in [1.54, 1.807) is 36.0 Å². The first-order valence-electron chi connectivity index (χ1n) is 6.47. The Morgan fingerprint density at radius 3 is 2.30 bits per heavy atom. The Labute approximate surface area is 125 Å². The molecule has 0 amide bonds. The van der Waals surface area contributed by atoms with Gasteiger partial charge >= 0.3 is 0 Å². The van der Waals surface area contributed by atoms with Gasteiger partial charge in [-0.05, 0) is 49.2 Å². The summed E-state index contributed by atoms with van der Waals surface area (Å²) < 4.78 is 24.3. The molecular weight excluding hydrogens is 288 g/mol. The lowest BCUT2D eigenvalue weighted by Gasteiger charge is -2.06. The third-order valence-electron chi connectivity index (χ3n) is 3.20. The average molecular weight is 306 g/mol. The Morgan fingerprint density at radius 2 is 1.65 bits per heavy atom. The number of aryl methyl sites for hydroxylation is 2. The molecule has 0 spiro atoms. The molecule has 0 bridgehead atoms. The molecule has 2 nitrogen and oxygen atoms in total. The van der Waals surface area contributed by atoms with Crippen LogP contribution in [-0.2, 0) is 9.84 Å². The molecule has 0 fully saturated rings. The molecule has 4 heteroatoms. The van der Waals surface area contributed by atoms with Gasteiger partial charge in [0, 0.05) is 10.6 Å². The molecule has 0 radical (unpaired) electrons. The number of benzene rings is 2. The first-order chi connectivity index (χ1) is 9.49. The predicted octanol–water partition coefficient (Wildman–Crippen LogP) is 3.87. The maximum absolute atomic E-state index is 12.1. The number of hydrogen-bond acceptors (Lipinski definition) is 3. The second-order valence-corrected chi connectivity index (χ2v) is 8.00. The Bertz CT molecular complexity index is 677. The van der Waals surface area contributed by atoms with Crippen LogP contribution in [0.5, 0.6) is 0 Å². The molecule has 0 saturated carbocycles. The maximum atomic E-state index is 12.1. The molecule has 0 heterocycles. The third-order valence-corrected chi connectivity index (χ3v) is 6.19. The number of rotatable bonds is 5. The van der Waals surface area contributed by atoms with E-state index in [0.717, 1.165) is 4.90 Å². The molecule has 0 atom stereocenters. The van der Waals surface area contributed by atoms with Crippen molar-refractivity contribution in [2.45, 2.75) is 23.6 Å². The number of sulfone groups is 1. The van der Waals surface area contributed by atoms with Gasteiger partial charge in [-0.3, -0.25) is 0 Å². The first kappa shape index (κ1) is 15.1. The van der Waals surface area contributed by atoms with Crippen molar-refractivity contribution >= 4 is 21.6 Å². The fourth-order valence-corrected chi connectivity index (χ4v) is 4.50. The molecular formula is C16H18O2S2. The van der Waals surface area contributed by atoms with E-state index in [9.17, 15) is 8.42 Å². The van der Waals surface area contributed by atoms with Crippen LogP contribution >= 0.6 is 11.8 Å². The Hall–Kier alpha value is -1.26.